The van der Waals surface area contributed by atoms with Crippen LogP contribution in [-0.2, 0) is 15.3 Å². The number of carboxylic acid groups (broad SMARTS) is 1. The number of nitrogens with zero attached hydrogens (tertiary/aromatic N) is 2. The van der Waals surface area contributed by atoms with E-state index in [1.54, 1.807) is 0 Å². The molecule has 6 nitrogen and oxygen atoms in total. The lowest BCUT2D eigenvalue weighted by Crippen LogP contribution is -2.37. The van der Waals surface area contributed by atoms with Crippen molar-refractivity contribution in [2.45, 2.75) is 11.8 Å². The molecule has 2 N–H and O–H groups in total. The van der Waals surface area contributed by atoms with Gasteiger partial charge in [0.25, 0.3) is 0 Å². The Hall–Kier alpha value is -1.34. The van der Waals surface area contributed by atoms with E-state index in [1.807, 2.05) is 0 Å². The molecule has 0 saturated carbocycles. The van der Waals surface area contributed by atoms with Gasteiger partial charge in [0, 0.05) is 11.5 Å². The summed E-state index contributed by atoms with van der Waals surface area (Å²) in [5.41, 5.74) is 0.703. The van der Waals surface area contributed by atoms with E-state index in [9.17, 15) is 9.59 Å². The Morgan fingerprint density at radius 3 is 2.88 bits per heavy atom. The van der Waals surface area contributed by atoms with Crippen LogP contribution in [0.15, 0.2) is 12.4 Å². The van der Waals surface area contributed by atoms with Gasteiger partial charge in [0.05, 0.1) is 18.1 Å². The van der Waals surface area contributed by atoms with Gasteiger partial charge in [0.15, 0.2) is 0 Å². The molecule has 17 heavy (non-hydrogen) atoms. The first-order valence-electron chi connectivity index (χ1n) is 4.60. The van der Waals surface area contributed by atoms with Crippen molar-refractivity contribution in [3.63, 3.8) is 0 Å². The number of hydrogen-bond acceptors (Lipinski definition) is 5. The minimum absolute atomic E-state index is 0.262. The summed E-state index contributed by atoms with van der Waals surface area (Å²) in [5.74, 6) is -0.292. The van der Waals surface area contributed by atoms with Crippen molar-refractivity contribution < 1.29 is 14.7 Å². The van der Waals surface area contributed by atoms with Crippen molar-refractivity contribution in [3.8, 4) is 0 Å². The van der Waals surface area contributed by atoms with E-state index < -0.39 is 12.0 Å². The maximum absolute atomic E-state index is 10.7. The van der Waals surface area contributed by atoms with E-state index in [0.29, 0.717) is 23.0 Å². The number of aromatic nitrogens is 2. The number of thioether (sulfide) groups is 1. The second-order valence-corrected chi connectivity index (χ2v) is 4.44. The zero-order valence-corrected chi connectivity index (χ0v) is 10.2. The van der Waals surface area contributed by atoms with Crippen LogP contribution in [0.25, 0.3) is 0 Å². The smallest absolute Gasteiger partial charge is 0.327 e. The lowest BCUT2D eigenvalue weighted by molar-refractivity contribution is -0.139. The predicted molar refractivity (Wildman–Crippen MR) is 63.8 cm³/mol. The van der Waals surface area contributed by atoms with Gasteiger partial charge in [-0.25, -0.2) is 9.78 Å². The summed E-state index contributed by atoms with van der Waals surface area (Å²) >= 11 is 6.91. The average molecular weight is 276 g/mol. The fourth-order valence-corrected chi connectivity index (χ4v) is 2.02. The van der Waals surface area contributed by atoms with Gasteiger partial charge in [0.1, 0.15) is 11.2 Å². The quantitative estimate of drug-likeness (QED) is 0.707. The monoisotopic (exact) mass is 275 g/mol. The van der Waals surface area contributed by atoms with Crippen molar-refractivity contribution in [1.82, 2.24) is 15.3 Å². The summed E-state index contributed by atoms with van der Waals surface area (Å²) in [5, 5.41) is 11.3. The fraction of sp³-hybridized carbons (Fsp3) is 0.333. The molecule has 0 radical (unpaired) electrons. The number of nitrogens with one attached hydrogen (secondary N) is 1. The number of aliphatic carboxylic acids is 1. The van der Waals surface area contributed by atoms with Crippen LogP contribution >= 0.6 is 23.4 Å². The van der Waals surface area contributed by atoms with Gasteiger partial charge >= 0.3 is 5.97 Å². The Labute approximate surface area is 107 Å². The van der Waals surface area contributed by atoms with Crippen molar-refractivity contribution in [1.29, 1.82) is 0 Å². The molecule has 8 heteroatoms. The molecular weight excluding hydrogens is 266 g/mol. The Morgan fingerprint density at radius 2 is 2.35 bits per heavy atom. The van der Waals surface area contributed by atoms with Crippen LogP contribution in [0, 0.1) is 0 Å². The highest BCUT2D eigenvalue weighted by Crippen LogP contribution is 2.11. The molecule has 1 aromatic rings. The van der Waals surface area contributed by atoms with Gasteiger partial charge in [-0.3, -0.25) is 9.78 Å². The van der Waals surface area contributed by atoms with E-state index in [0.717, 1.165) is 0 Å². The molecule has 1 rings (SSSR count). The first-order valence-corrected chi connectivity index (χ1v) is 6.13. The SMILES string of the molecule is O=CNC(CSCc1cnc(Cl)cn1)C(=O)O. The molecule has 0 saturated heterocycles. The fourth-order valence-electron chi connectivity index (χ4n) is 0.968. The van der Waals surface area contributed by atoms with Crippen LogP contribution in [0.1, 0.15) is 5.69 Å². The summed E-state index contributed by atoms with van der Waals surface area (Å²) in [6.07, 6.45) is 3.33. The molecule has 1 aromatic heterocycles. The summed E-state index contributed by atoms with van der Waals surface area (Å²) in [4.78, 5) is 28.7. The maximum atomic E-state index is 10.7. The van der Waals surface area contributed by atoms with E-state index in [-0.39, 0.29) is 5.75 Å². The van der Waals surface area contributed by atoms with Crippen LogP contribution < -0.4 is 5.32 Å². The third-order valence-corrected chi connectivity index (χ3v) is 3.04. The van der Waals surface area contributed by atoms with Gasteiger partial charge in [-0.1, -0.05) is 11.6 Å². The van der Waals surface area contributed by atoms with Crippen LogP contribution in [0.2, 0.25) is 5.15 Å². The normalized spacial score (nSPS) is 11.8. The Kier molecular flexibility index (Phi) is 5.71. The topological polar surface area (TPSA) is 92.2 Å². The summed E-state index contributed by atoms with van der Waals surface area (Å²) < 4.78 is 0. The lowest BCUT2D eigenvalue weighted by Gasteiger charge is -2.09. The highest BCUT2D eigenvalue weighted by atomic mass is 35.5. The molecule has 0 aliphatic heterocycles. The van der Waals surface area contributed by atoms with Gasteiger partial charge < -0.3 is 10.4 Å². The molecule has 1 amide bonds. The molecule has 0 fully saturated rings. The number of carbonyl (C=O) groups excluding carboxylic acids is 1. The van der Waals surface area contributed by atoms with Crippen molar-refractivity contribution in [2.75, 3.05) is 5.75 Å². The number of hydrogen-bond donors (Lipinski definition) is 2. The van der Waals surface area contributed by atoms with E-state index in [1.165, 1.54) is 24.2 Å². The van der Waals surface area contributed by atoms with E-state index in [4.69, 9.17) is 16.7 Å². The Bertz CT molecular complexity index is 388. The number of amides is 1. The maximum Gasteiger partial charge on any atom is 0.327 e. The third kappa shape index (κ3) is 5.01. The Morgan fingerprint density at radius 1 is 1.59 bits per heavy atom. The number of rotatable bonds is 7. The van der Waals surface area contributed by atoms with Crippen LogP contribution in [0.3, 0.4) is 0 Å². The molecule has 0 bridgehead atoms. The van der Waals surface area contributed by atoms with E-state index >= 15 is 0 Å². The molecule has 0 aromatic carbocycles. The van der Waals surface area contributed by atoms with Crippen LogP contribution in [0.5, 0.6) is 0 Å². The summed E-state index contributed by atoms with van der Waals surface area (Å²) in [7, 11) is 0. The largest absolute Gasteiger partial charge is 0.480 e. The van der Waals surface area contributed by atoms with Crippen molar-refractivity contribution in [2.24, 2.45) is 0 Å². The third-order valence-electron chi connectivity index (χ3n) is 1.78. The van der Waals surface area contributed by atoms with Gasteiger partial charge in [-0.15, -0.1) is 0 Å². The molecule has 1 atom stereocenters. The number of halogens is 1. The summed E-state index contributed by atoms with van der Waals surface area (Å²) in [6.45, 7) is 0. The van der Waals surface area contributed by atoms with E-state index in [2.05, 4.69) is 15.3 Å². The highest BCUT2D eigenvalue weighted by Gasteiger charge is 2.15. The lowest BCUT2D eigenvalue weighted by atomic mass is 10.3. The molecule has 0 aliphatic carbocycles. The zero-order valence-electron chi connectivity index (χ0n) is 8.67. The first-order chi connectivity index (χ1) is 8.13. The van der Waals surface area contributed by atoms with Crippen molar-refractivity contribution >= 4 is 35.7 Å². The second-order valence-electron chi connectivity index (χ2n) is 3.02. The molecule has 1 unspecified atom stereocenters. The predicted octanol–water partition coefficient (Wildman–Crippen LogP) is 0.562. The second kappa shape index (κ2) is 7.08. The molecule has 92 valence electrons. The minimum atomic E-state index is -1.06. The number of carbonyl (C=O) groups is 2. The van der Waals surface area contributed by atoms with Crippen molar-refractivity contribution in [3.05, 3.63) is 23.2 Å². The molecule has 1 heterocycles. The average Bonchev–Trinajstić information content (AvgIpc) is 2.30. The Balaban J connectivity index is 2.37. The first kappa shape index (κ1) is 13.7. The number of carboxylic acids is 1. The van der Waals surface area contributed by atoms with Crippen LogP contribution in [-0.4, -0.2) is 39.2 Å². The molecular formula is C9H10ClN3O3S. The highest BCUT2D eigenvalue weighted by molar-refractivity contribution is 7.98. The molecule has 0 aliphatic rings. The zero-order chi connectivity index (χ0) is 12.7. The van der Waals surface area contributed by atoms with Crippen LogP contribution in [0.4, 0.5) is 0 Å². The summed E-state index contributed by atoms with van der Waals surface area (Å²) in [6, 6.07) is -0.891. The molecule has 0 spiro atoms. The standard InChI is InChI=1S/C9H10ClN3O3S/c10-8-2-11-6(1-12-8)3-17-4-7(9(15)16)13-5-14/h1-2,5,7H,3-4H2,(H,13,14)(H,15,16). The van der Waals surface area contributed by atoms with Gasteiger partial charge in [-0.05, 0) is 0 Å². The minimum Gasteiger partial charge on any atom is -0.480 e. The van der Waals surface area contributed by atoms with Gasteiger partial charge in [-0.2, -0.15) is 11.8 Å². The van der Waals surface area contributed by atoms with Gasteiger partial charge in [0.2, 0.25) is 6.41 Å².